The van der Waals surface area contributed by atoms with Crippen LogP contribution in [0, 0.1) is 0 Å². The minimum atomic E-state index is -0.249. The molecule has 2 amide bonds. The van der Waals surface area contributed by atoms with E-state index in [-0.39, 0.29) is 24.1 Å². The van der Waals surface area contributed by atoms with Gasteiger partial charge in [-0.15, -0.1) is 0 Å². The quantitative estimate of drug-likeness (QED) is 0.711. The molecule has 0 heterocycles. The van der Waals surface area contributed by atoms with E-state index in [4.69, 9.17) is 0 Å². The molecule has 0 unspecified atom stereocenters. The molecule has 24 heavy (non-hydrogen) atoms. The SMILES string of the molecule is CNC(=O)c1ccc(NC(=O)CNc2ccccc2C(C)=O)cc1. The molecule has 0 spiro atoms. The van der Waals surface area contributed by atoms with Gasteiger partial charge < -0.3 is 16.0 Å². The second-order valence-electron chi connectivity index (χ2n) is 5.16. The highest BCUT2D eigenvalue weighted by atomic mass is 16.2. The number of para-hydroxylation sites is 1. The number of nitrogens with one attached hydrogen (secondary N) is 3. The molecule has 2 aromatic rings. The summed E-state index contributed by atoms with van der Waals surface area (Å²) in [5, 5.41) is 8.21. The van der Waals surface area contributed by atoms with Gasteiger partial charge in [-0.1, -0.05) is 12.1 Å². The molecule has 2 aromatic carbocycles. The van der Waals surface area contributed by atoms with Crippen LogP contribution >= 0.6 is 0 Å². The number of carbonyl (C=O) groups is 3. The van der Waals surface area contributed by atoms with Gasteiger partial charge in [-0.3, -0.25) is 14.4 Å². The lowest BCUT2D eigenvalue weighted by Gasteiger charge is -2.10. The summed E-state index contributed by atoms with van der Waals surface area (Å²) in [6.45, 7) is 1.51. The number of hydrogen-bond acceptors (Lipinski definition) is 4. The molecule has 2 rings (SSSR count). The van der Waals surface area contributed by atoms with Gasteiger partial charge in [0.25, 0.3) is 5.91 Å². The Bertz CT molecular complexity index is 754. The number of Topliss-reactive ketones (excluding diaryl/α,β-unsaturated/α-hetero) is 1. The third-order valence-corrected chi connectivity index (χ3v) is 3.40. The summed E-state index contributed by atoms with van der Waals surface area (Å²) < 4.78 is 0. The van der Waals surface area contributed by atoms with E-state index in [0.29, 0.717) is 22.5 Å². The molecule has 3 N–H and O–H groups in total. The van der Waals surface area contributed by atoms with Crippen LogP contribution in [0.5, 0.6) is 0 Å². The second-order valence-corrected chi connectivity index (χ2v) is 5.16. The van der Waals surface area contributed by atoms with Crippen LogP contribution in [0.4, 0.5) is 11.4 Å². The summed E-state index contributed by atoms with van der Waals surface area (Å²) >= 11 is 0. The van der Waals surface area contributed by atoms with E-state index >= 15 is 0 Å². The highest BCUT2D eigenvalue weighted by Gasteiger charge is 2.08. The van der Waals surface area contributed by atoms with Crippen molar-refractivity contribution < 1.29 is 14.4 Å². The molecular weight excluding hydrogens is 306 g/mol. The number of ketones is 1. The van der Waals surface area contributed by atoms with Crippen LogP contribution in [0.2, 0.25) is 0 Å². The zero-order valence-corrected chi connectivity index (χ0v) is 13.6. The van der Waals surface area contributed by atoms with Gasteiger partial charge in [-0.25, -0.2) is 0 Å². The number of hydrogen-bond donors (Lipinski definition) is 3. The fourth-order valence-electron chi connectivity index (χ4n) is 2.17. The Morgan fingerprint density at radius 2 is 1.62 bits per heavy atom. The maximum absolute atomic E-state index is 12.0. The standard InChI is InChI=1S/C18H19N3O3/c1-12(22)15-5-3-4-6-16(15)20-11-17(23)21-14-9-7-13(8-10-14)18(24)19-2/h3-10,20H,11H2,1-2H3,(H,19,24)(H,21,23). The molecule has 0 fully saturated rings. The van der Waals surface area contributed by atoms with E-state index in [1.165, 1.54) is 6.92 Å². The largest absolute Gasteiger partial charge is 0.376 e. The van der Waals surface area contributed by atoms with E-state index in [1.54, 1.807) is 55.6 Å². The van der Waals surface area contributed by atoms with Gasteiger partial charge in [0.1, 0.15) is 0 Å². The number of carbonyl (C=O) groups excluding carboxylic acids is 3. The van der Waals surface area contributed by atoms with E-state index < -0.39 is 0 Å². The smallest absolute Gasteiger partial charge is 0.251 e. The van der Waals surface area contributed by atoms with E-state index in [9.17, 15) is 14.4 Å². The van der Waals surface area contributed by atoms with E-state index in [0.717, 1.165) is 0 Å². The third-order valence-electron chi connectivity index (χ3n) is 3.40. The Morgan fingerprint density at radius 1 is 0.958 bits per heavy atom. The lowest BCUT2D eigenvalue weighted by Crippen LogP contribution is -2.22. The van der Waals surface area contributed by atoms with Gasteiger partial charge in [-0.2, -0.15) is 0 Å². The minimum absolute atomic E-state index is 0.0293. The average Bonchev–Trinajstić information content (AvgIpc) is 2.60. The monoisotopic (exact) mass is 325 g/mol. The molecule has 0 saturated heterocycles. The van der Waals surface area contributed by atoms with Crippen molar-refractivity contribution in [3.63, 3.8) is 0 Å². The number of anilines is 2. The van der Waals surface area contributed by atoms with Crippen molar-refractivity contribution >= 4 is 29.0 Å². The fraction of sp³-hybridized carbons (Fsp3) is 0.167. The molecule has 0 saturated carbocycles. The lowest BCUT2D eigenvalue weighted by molar-refractivity contribution is -0.114. The van der Waals surface area contributed by atoms with Crippen LogP contribution in [0.15, 0.2) is 48.5 Å². The van der Waals surface area contributed by atoms with Crippen LogP contribution in [0.3, 0.4) is 0 Å². The van der Waals surface area contributed by atoms with E-state index in [2.05, 4.69) is 16.0 Å². The van der Waals surface area contributed by atoms with Crippen LogP contribution in [0.25, 0.3) is 0 Å². The van der Waals surface area contributed by atoms with Crippen molar-refractivity contribution in [1.29, 1.82) is 0 Å². The predicted octanol–water partition coefficient (Wildman–Crippen LogP) is 2.30. The summed E-state index contributed by atoms with van der Waals surface area (Å²) in [5.74, 6) is -0.500. The van der Waals surface area contributed by atoms with Gasteiger partial charge >= 0.3 is 0 Å². The van der Waals surface area contributed by atoms with Gasteiger partial charge in [0, 0.05) is 29.5 Å². The fourth-order valence-corrected chi connectivity index (χ4v) is 2.17. The summed E-state index contributed by atoms with van der Waals surface area (Å²) in [6, 6.07) is 13.6. The van der Waals surface area contributed by atoms with Crippen LogP contribution < -0.4 is 16.0 Å². The number of rotatable bonds is 6. The molecule has 0 aromatic heterocycles. The predicted molar refractivity (Wildman–Crippen MR) is 93.4 cm³/mol. The van der Waals surface area contributed by atoms with Crippen molar-refractivity contribution in [2.75, 3.05) is 24.2 Å². The highest BCUT2D eigenvalue weighted by Crippen LogP contribution is 2.15. The molecule has 0 bridgehead atoms. The first-order valence-corrected chi connectivity index (χ1v) is 7.47. The topological polar surface area (TPSA) is 87.3 Å². The van der Waals surface area contributed by atoms with Crippen molar-refractivity contribution in [2.45, 2.75) is 6.92 Å². The molecule has 0 radical (unpaired) electrons. The molecule has 6 nitrogen and oxygen atoms in total. The van der Waals surface area contributed by atoms with Crippen LogP contribution in [-0.4, -0.2) is 31.2 Å². The number of amides is 2. The normalized spacial score (nSPS) is 9.92. The first-order chi connectivity index (χ1) is 11.5. The molecule has 0 aliphatic heterocycles. The van der Waals surface area contributed by atoms with Gasteiger partial charge in [-0.05, 0) is 43.3 Å². The Kier molecular flexibility index (Phi) is 5.68. The maximum atomic E-state index is 12.0. The van der Waals surface area contributed by atoms with Gasteiger partial charge in [0.05, 0.1) is 6.54 Å². The van der Waals surface area contributed by atoms with Gasteiger partial charge in [0.15, 0.2) is 5.78 Å². The maximum Gasteiger partial charge on any atom is 0.251 e. The Balaban J connectivity index is 1.94. The Morgan fingerprint density at radius 3 is 2.25 bits per heavy atom. The summed E-state index contributed by atoms with van der Waals surface area (Å²) in [6.07, 6.45) is 0. The lowest BCUT2D eigenvalue weighted by atomic mass is 10.1. The molecule has 0 aliphatic rings. The summed E-state index contributed by atoms with van der Waals surface area (Å²) in [5.41, 5.74) is 2.27. The van der Waals surface area contributed by atoms with Crippen LogP contribution in [0.1, 0.15) is 27.6 Å². The van der Waals surface area contributed by atoms with Gasteiger partial charge in [0.2, 0.25) is 5.91 Å². The molecule has 0 atom stereocenters. The second kappa shape index (κ2) is 7.92. The van der Waals surface area contributed by atoms with Crippen LogP contribution in [-0.2, 0) is 4.79 Å². The third kappa shape index (κ3) is 4.42. The van der Waals surface area contributed by atoms with Crippen molar-refractivity contribution in [3.8, 4) is 0 Å². The Labute approximate surface area is 140 Å². The average molecular weight is 325 g/mol. The zero-order valence-electron chi connectivity index (χ0n) is 13.6. The molecule has 0 aliphatic carbocycles. The molecular formula is C18H19N3O3. The zero-order chi connectivity index (χ0) is 17.5. The summed E-state index contributed by atoms with van der Waals surface area (Å²) in [7, 11) is 1.56. The Hall–Kier alpha value is -3.15. The van der Waals surface area contributed by atoms with Crippen molar-refractivity contribution in [1.82, 2.24) is 5.32 Å². The van der Waals surface area contributed by atoms with E-state index in [1.807, 2.05) is 0 Å². The first kappa shape index (κ1) is 17.2. The molecule has 124 valence electrons. The number of benzene rings is 2. The first-order valence-electron chi connectivity index (χ1n) is 7.47. The molecule has 6 heteroatoms. The minimum Gasteiger partial charge on any atom is -0.376 e. The van der Waals surface area contributed by atoms with Crippen molar-refractivity contribution in [3.05, 3.63) is 59.7 Å². The summed E-state index contributed by atoms with van der Waals surface area (Å²) in [4.78, 5) is 35.0. The van der Waals surface area contributed by atoms with Crippen molar-refractivity contribution in [2.24, 2.45) is 0 Å². The highest BCUT2D eigenvalue weighted by molar-refractivity contribution is 6.01.